The van der Waals surface area contributed by atoms with Crippen LogP contribution in [0.1, 0.15) is 29.0 Å². The summed E-state index contributed by atoms with van der Waals surface area (Å²) in [6, 6.07) is 33.8. The van der Waals surface area contributed by atoms with Crippen LogP contribution in [0.4, 0.5) is 0 Å². The van der Waals surface area contributed by atoms with Crippen LogP contribution < -0.4 is 10.2 Å². The summed E-state index contributed by atoms with van der Waals surface area (Å²) in [6.07, 6.45) is 2.08. The van der Waals surface area contributed by atoms with E-state index in [1.54, 1.807) is 0 Å². The molecule has 3 nitrogen and oxygen atoms in total. The van der Waals surface area contributed by atoms with E-state index >= 15 is 0 Å². The fourth-order valence-corrected chi connectivity index (χ4v) is 4.40. The first kappa shape index (κ1) is 16.4. The van der Waals surface area contributed by atoms with Crippen molar-refractivity contribution in [2.45, 2.75) is 12.3 Å². The van der Waals surface area contributed by atoms with Crippen molar-refractivity contribution in [1.82, 2.24) is 10.4 Å². The van der Waals surface area contributed by atoms with Crippen LogP contribution in [0, 0.1) is 0 Å². The second-order valence-electron chi connectivity index (χ2n) is 7.49. The number of nitrogens with zero attached hydrogens (tertiary/aromatic N) is 1. The molecule has 4 aromatic rings. The number of benzene rings is 4. The van der Waals surface area contributed by atoms with Crippen LogP contribution in [0.15, 0.2) is 103 Å². The lowest BCUT2D eigenvalue weighted by atomic mass is 9.98. The second-order valence-corrected chi connectivity index (χ2v) is 7.49. The summed E-state index contributed by atoms with van der Waals surface area (Å²) in [4.78, 5) is 0. The van der Waals surface area contributed by atoms with Gasteiger partial charge in [0.2, 0.25) is 0 Å². The van der Waals surface area contributed by atoms with Gasteiger partial charge in [-0.15, -0.1) is 0 Å². The molecule has 0 saturated heterocycles. The normalized spacial score (nSPS) is 20.3. The molecule has 6 rings (SSSR count). The molecule has 0 radical (unpaired) electrons. The number of hydrazine groups is 1. The van der Waals surface area contributed by atoms with E-state index in [1.807, 2.05) is 12.1 Å². The van der Waals surface area contributed by atoms with Crippen molar-refractivity contribution < 1.29 is 4.74 Å². The lowest BCUT2D eigenvalue weighted by molar-refractivity contribution is -0.0317. The Balaban J connectivity index is 1.50. The zero-order chi connectivity index (χ0) is 19.2. The zero-order valence-corrected chi connectivity index (χ0v) is 15.8. The van der Waals surface area contributed by atoms with Crippen LogP contribution in [0.2, 0.25) is 0 Å². The molecule has 0 aliphatic carbocycles. The van der Waals surface area contributed by atoms with E-state index in [0.717, 1.165) is 17.0 Å². The van der Waals surface area contributed by atoms with Gasteiger partial charge in [0.15, 0.2) is 6.23 Å². The summed E-state index contributed by atoms with van der Waals surface area (Å²) < 4.78 is 6.55. The van der Waals surface area contributed by atoms with Crippen LogP contribution in [0.3, 0.4) is 0 Å². The Morgan fingerprint density at radius 3 is 2.34 bits per heavy atom. The van der Waals surface area contributed by atoms with Crippen molar-refractivity contribution in [3.05, 3.63) is 120 Å². The lowest BCUT2D eigenvalue weighted by Gasteiger charge is -2.39. The molecule has 1 N–H and O–H groups in total. The molecule has 0 amide bonds. The van der Waals surface area contributed by atoms with Gasteiger partial charge in [0.1, 0.15) is 5.75 Å². The van der Waals surface area contributed by atoms with Crippen molar-refractivity contribution in [2.24, 2.45) is 0 Å². The highest BCUT2D eigenvalue weighted by Crippen LogP contribution is 2.46. The maximum Gasteiger partial charge on any atom is 0.196 e. The van der Waals surface area contributed by atoms with Gasteiger partial charge in [-0.2, -0.15) is 5.01 Å². The van der Waals surface area contributed by atoms with Crippen LogP contribution in [-0.4, -0.2) is 5.01 Å². The first-order valence-corrected chi connectivity index (χ1v) is 9.94. The SMILES string of the molecule is C1=C(c2ccccc2)NN2[C@@H](c3cccc4ccccc34)Oc3ccccc3[C@H]12. The largest absolute Gasteiger partial charge is 0.469 e. The van der Waals surface area contributed by atoms with Crippen molar-refractivity contribution in [3.8, 4) is 5.75 Å². The Morgan fingerprint density at radius 2 is 1.41 bits per heavy atom. The minimum absolute atomic E-state index is 0.110. The highest BCUT2D eigenvalue weighted by molar-refractivity contribution is 5.86. The molecule has 0 bridgehead atoms. The summed E-state index contributed by atoms with van der Waals surface area (Å²) in [5, 5.41) is 4.67. The highest BCUT2D eigenvalue weighted by Gasteiger charge is 2.40. The molecule has 0 aromatic heterocycles. The molecule has 3 heteroatoms. The lowest BCUT2D eigenvalue weighted by Crippen LogP contribution is -2.43. The van der Waals surface area contributed by atoms with Gasteiger partial charge in [0.25, 0.3) is 0 Å². The Kier molecular flexibility index (Phi) is 3.68. The van der Waals surface area contributed by atoms with Gasteiger partial charge in [0, 0.05) is 11.1 Å². The number of hydrogen-bond donors (Lipinski definition) is 1. The van der Waals surface area contributed by atoms with E-state index < -0.39 is 0 Å². The molecular formula is C26H20N2O. The first-order chi connectivity index (χ1) is 14.4. The molecule has 140 valence electrons. The quantitative estimate of drug-likeness (QED) is 0.476. The maximum atomic E-state index is 6.55. The van der Waals surface area contributed by atoms with E-state index in [0.29, 0.717) is 0 Å². The van der Waals surface area contributed by atoms with Gasteiger partial charge in [0.05, 0.1) is 11.7 Å². The average Bonchev–Trinajstić information content (AvgIpc) is 3.25. The summed E-state index contributed by atoms with van der Waals surface area (Å²) in [5.74, 6) is 0.944. The van der Waals surface area contributed by atoms with E-state index in [4.69, 9.17) is 4.74 Å². The summed E-state index contributed by atoms with van der Waals surface area (Å²) in [5.41, 5.74) is 8.27. The molecule has 29 heavy (non-hydrogen) atoms. The highest BCUT2D eigenvalue weighted by atomic mass is 16.5. The van der Waals surface area contributed by atoms with Gasteiger partial charge in [-0.25, -0.2) is 0 Å². The summed E-state index contributed by atoms with van der Waals surface area (Å²) in [6.45, 7) is 0. The Morgan fingerprint density at radius 1 is 0.690 bits per heavy atom. The van der Waals surface area contributed by atoms with Crippen LogP contribution in [0.5, 0.6) is 5.75 Å². The molecule has 4 aromatic carbocycles. The Labute approximate surface area is 169 Å². The molecule has 0 spiro atoms. The van der Waals surface area contributed by atoms with Gasteiger partial charge >= 0.3 is 0 Å². The van der Waals surface area contributed by atoms with E-state index in [9.17, 15) is 0 Å². The maximum absolute atomic E-state index is 6.55. The fraction of sp³-hybridized carbons (Fsp3) is 0.0769. The third kappa shape index (κ3) is 2.63. The Hall–Kier alpha value is -3.56. The van der Waals surface area contributed by atoms with Gasteiger partial charge in [-0.1, -0.05) is 91.0 Å². The second kappa shape index (κ2) is 6.50. The molecule has 0 unspecified atom stereocenters. The molecular weight excluding hydrogens is 356 g/mol. The third-order valence-corrected chi connectivity index (χ3v) is 5.78. The van der Waals surface area contributed by atoms with E-state index in [-0.39, 0.29) is 12.3 Å². The number of rotatable bonds is 2. The van der Waals surface area contributed by atoms with Crippen LogP contribution in [-0.2, 0) is 0 Å². The van der Waals surface area contributed by atoms with Crippen molar-refractivity contribution in [3.63, 3.8) is 0 Å². The summed E-state index contributed by atoms with van der Waals surface area (Å²) in [7, 11) is 0. The topological polar surface area (TPSA) is 24.5 Å². The molecule has 2 heterocycles. The standard InChI is InChI=1S/C26H20N2O/c1-2-10-19(11-3-1)23-17-24-22-14-6-7-16-25(22)29-26(28(24)27-23)21-15-8-12-18-9-4-5-13-20(18)21/h1-17,24,26-27H/t24-,26+/m0/s1. The summed E-state index contributed by atoms with van der Waals surface area (Å²) >= 11 is 0. The number of hydrogen-bond acceptors (Lipinski definition) is 3. The number of fused-ring (bicyclic) bond motifs is 4. The molecule has 2 aliphatic heterocycles. The Bertz CT molecular complexity index is 1230. The first-order valence-electron chi connectivity index (χ1n) is 9.94. The van der Waals surface area contributed by atoms with E-state index in [1.165, 1.54) is 21.9 Å². The van der Waals surface area contributed by atoms with Crippen molar-refractivity contribution >= 4 is 16.5 Å². The zero-order valence-electron chi connectivity index (χ0n) is 15.8. The van der Waals surface area contributed by atoms with Gasteiger partial charge in [-0.3, -0.25) is 0 Å². The molecule has 2 aliphatic rings. The number of para-hydroxylation sites is 1. The van der Waals surface area contributed by atoms with E-state index in [2.05, 4.69) is 101 Å². The van der Waals surface area contributed by atoms with Crippen LogP contribution >= 0.6 is 0 Å². The predicted molar refractivity (Wildman–Crippen MR) is 116 cm³/mol. The van der Waals surface area contributed by atoms with Gasteiger partial charge < -0.3 is 10.2 Å². The van der Waals surface area contributed by atoms with Gasteiger partial charge in [-0.05, 0) is 28.5 Å². The predicted octanol–water partition coefficient (Wildman–Crippen LogP) is 5.83. The van der Waals surface area contributed by atoms with Crippen LogP contribution in [0.25, 0.3) is 16.5 Å². The minimum Gasteiger partial charge on any atom is -0.469 e. The smallest absolute Gasteiger partial charge is 0.196 e. The third-order valence-electron chi connectivity index (χ3n) is 5.78. The molecule has 0 fully saturated rings. The number of ether oxygens (including phenoxy) is 1. The van der Waals surface area contributed by atoms with Crippen molar-refractivity contribution in [1.29, 1.82) is 0 Å². The number of nitrogens with one attached hydrogen (secondary N) is 1. The monoisotopic (exact) mass is 376 g/mol. The molecule has 0 saturated carbocycles. The average molecular weight is 376 g/mol. The fourth-order valence-electron chi connectivity index (χ4n) is 4.40. The molecule has 2 atom stereocenters. The minimum atomic E-state index is -0.224. The van der Waals surface area contributed by atoms with Crippen molar-refractivity contribution in [2.75, 3.05) is 0 Å².